The summed E-state index contributed by atoms with van der Waals surface area (Å²) in [7, 11) is 1.70. The van der Waals surface area contributed by atoms with Gasteiger partial charge in [0.1, 0.15) is 0 Å². The number of hydrogen-bond donors (Lipinski definition) is 0. The van der Waals surface area contributed by atoms with Gasteiger partial charge in [0.15, 0.2) is 5.82 Å². The Bertz CT molecular complexity index is 296. The highest BCUT2D eigenvalue weighted by Crippen LogP contribution is 2.10. The summed E-state index contributed by atoms with van der Waals surface area (Å²) in [6, 6.07) is 2.03. The van der Waals surface area contributed by atoms with Crippen molar-refractivity contribution in [1.29, 1.82) is 0 Å². The summed E-state index contributed by atoms with van der Waals surface area (Å²) in [5.41, 5.74) is 1.12. The molecule has 1 aromatic heterocycles. The van der Waals surface area contributed by atoms with Crippen molar-refractivity contribution in [3.63, 3.8) is 0 Å². The number of anilines is 1. The monoisotopic (exact) mass is 273 g/mol. The SMILES string of the molecule is COCCN(CCBr)c1cc(C)cnn1. The number of aryl methyl sites for hydroxylation is 1. The maximum Gasteiger partial charge on any atom is 0.151 e. The highest BCUT2D eigenvalue weighted by molar-refractivity contribution is 9.09. The average molecular weight is 274 g/mol. The van der Waals surface area contributed by atoms with Crippen LogP contribution in [0.1, 0.15) is 5.56 Å². The minimum atomic E-state index is 0.697. The van der Waals surface area contributed by atoms with Crippen LogP contribution in [0.2, 0.25) is 0 Å². The van der Waals surface area contributed by atoms with Crippen molar-refractivity contribution < 1.29 is 4.74 Å². The molecule has 5 heteroatoms. The summed E-state index contributed by atoms with van der Waals surface area (Å²) in [6.07, 6.45) is 1.76. The molecule has 0 saturated heterocycles. The molecule has 0 aliphatic carbocycles. The summed E-state index contributed by atoms with van der Waals surface area (Å²) in [4.78, 5) is 2.15. The Morgan fingerprint density at radius 1 is 1.47 bits per heavy atom. The minimum Gasteiger partial charge on any atom is -0.383 e. The van der Waals surface area contributed by atoms with E-state index in [1.165, 1.54) is 0 Å². The van der Waals surface area contributed by atoms with Crippen LogP contribution < -0.4 is 4.90 Å². The Morgan fingerprint density at radius 2 is 2.27 bits per heavy atom. The van der Waals surface area contributed by atoms with Gasteiger partial charge in [-0.05, 0) is 18.6 Å². The first-order chi connectivity index (χ1) is 7.27. The lowest BCUT2D eigenvalue weighted by molar-refractivity contribution is 0.205. The van der Waals surface area contributed by atoms with Crippen LogP contribution in [0.25, 0.3) is 0 Å². The molecule has 0 spiro atoms. The first-order valence-electron chi connectivity index (χ1n) is 4.87. The number of nitrogens with zero attached hydrogens (tertiary/aromatic N) is 3. The van der Waals surface area contributed by atoms with Crippen molar-refractivity contribution in [3.05, 3.63) is 17.8 Å². The minimum absolute atomic E-state index is 0.697. The van der Waals surface area contributed by atoms with Crippen LogP contribution in [0.5, 0.6) is 0 Å². The fraction of sp³-hybridized carbons (Fsp3) is 0.600. The predicted molar refractivity (Wildman–Crippen MR) is 64.7 cm³/mol. The standard InChI is InChI=1S/C10H16BrN3O/c1-9-7-10(13-12-8-9)14(4-3-11)5-6-15-2/h7-8H,3-6H2,1-2H3. The van der Waals surface area contributed by atoms with Crippen LogP contribution in [0.15, 0.2) is 12.3 Å². The topological polar surface area (TPSA) is 38.2 Å². The summed E-state index contributed by atoms with van der Waals surface area (Å²) in [6.45, 7) is 4.45. The first kappa shape index (κ1) is 12.4. The Balaban J connectivity index is 2.69. The number of aromatic nitrogens is 2. The fourth-order valence-corrected chi connectivity index (χ4v) is 1.68. The maximum atomic E-state index is 5.07. The third-order valence-electron chi connectivity index (χ3n) is 2.02. The normalized spacial score (nSPS) is 10.3. The van der Waals surface area contributed by atoms with Gasteiger partial charge in [0.25, 0.3) is 0 Å². The average Bonchev–Trinajstić information content (AvgIpc) is 2.24. The zero-order valence-electron chi connectivity index (χ0n) is 9.11. The second kappa shape index (κ2) is 6.74. The number of ether oxygens (including phenoxy) is 1. The summed E-state index contributed by atoms with van der Waals surface area (Å²) < 4.78 is 5.07. The van der Waals surface area contributed by atoms with Crippen LogP contribution in [0.3, 0.4) is 0 Å². The molecule has 1 aromatic rings. The molecule has 0 saturated carbocycles. The van der Waals surface area contributed by atoms with Gasteiger partial charge >= 0.3 is 0 Å². The van der Waals surface area contributed by atoms with E-state index in [1.807, 2.05) is 13.0 Å². The molecule has 1 heterocycles. The zero-order chi connectivity index (χ0) is 11.1. The molecule has 0 aliphatic heterocycles. The van der Waals surface area contributed by atoms with Crippen LogP contribution >= 0.6 is 15.9 Å². The summed E-state index contributed by atoms with van der Waals surface area (Å²) in [5, 5.41) is 8.97. The van der Waals surface area contributed by atoms with Gasteiger partial charge in [-0.1, -0.05) is 15.9 Å². The first-order valence-corrected chi connectivity index (χ1v) is 5.99. The van der Waals surface area contributed by atoms with Crippen molar-refractivity contribution >= 4 is 21.7 Å². The molecule has 84 valence electrons. The van der Waals surface area contributed by atoms with Gasteiger partial charge in [-0.2, -0.15) is 5.10 Å². The molecule has 0 amide bonds. The van der Waals surface area contributed by atoms with Crippen LogP contribution in [-0.2, 0) is 4.74 Å². The largest absolute Gasteiger partial charge is 0.383 e. The van der Waals surface area contributed by atoms with Gasteiger partial charge in [0, 0.05) is 25.5 Å². The van der Waals surface area contributed by atoms with Gasteiger partial charge in [0.05, 0.1) is 12.8 Å². The quantitative estimate of drug-likeness (QED) is 0.739. The lowest BCUT2D eigenvalue weighted by Gasteiger charge is -2.21. The second-order valence-corrected chi connectivity index (χ2v) is 4.05. The van der Waals surface area contributed by atoms with Crippen molar-refractivity contribution in [2.75, 3.05) is 37.0 Å². The van der Waals surface area contributed by atoms with Gasteiger partial charge < -0.3 is 9.64 Å². The van der Waals surface area contributed by atoms with Gasteiger partial charge in [-0.15, -0.1) is 5.10 Å². The summed E-state index contributed by atoms with van der Waals surface area (Å²) >= 11 is 3.43. The van der Waals surface area contributed by atoms with Crippen LogP contribution in [-0.4, -0.2) is 42.3 Å². The molecule has 0 fully saturated rings. The second-order valence-electron chi connectivity index (χ2n) is 3.26. The van der Waals surface area contributed by atoms with Gasteiger partial charge in [-0.25, -0.2) is 0 Å². The third-order valence-corrected chi connectivity index (χ3v) is 2.38. The van der Waals surface area contributed by atoms with Crippen molar-refractivity contribution in [2.45, 2.75) is 6.92 Å². The molecule has 0 aliphatic rings. The molecule has 0 atom stereocenters. The lowest BCUT2D eigenvalue weighted by Crippen LogP contribution is -2.30. The number of halogens is 1. The Kier molecular flexibility index (Phi) is 5.57. The Morgan fingerprint density at radius 3 is 2.87 bits per heavy atom. The molecule has 0 unspecified atom stereocenters. The Hall–Kier alpha value is -0.680. The molecule has 0 bridgehead atoms. The highest BCUT2D eigenvalue weighted by Gasteiger charge is 2.07. The van der Waals surface area contributed by atoms with E-state index in [4.69, 9.17) is 4.74 Å². The van der Waals surface area contributed by atoms with E-state index >= 15 is 0 Å². The predicted octanol–water partition coefficient (Wildman–Crippen LogP) is 1.63. The molecule has 4 nitrogen and oxygen atoms in total. The van der Waals surface area contributed by atoms with E-state index in [-0.39, 0.29) is 0 Å². The number of hydrogen-bond acceptors (Lipinski definition) is 4. The third kappa shape index (κ3) is 4.13. The van der Waals surface area contributed by atoms with E-state index < -0.39 is 0 Å². The number of rotatable bonds is 6. The zero-order valence-corrected chi connectivity index (χ0v) is 10.7. The molecular weight excluding hydrogens is 258 g/mol. The van der Waals surface area contributed by atoms with E-state index in [0.29, 0.717) is 6.61 Å². The highest BCUT2D eigenvalue weighted by atomic mass is 79.9. The van der Waals surface area contributed by atoms with Crippen molar-refractivity contribution in [1.82, 2.24) is 10.2 Å². The Labute approximate surface area is 98.8 Å². The molecule has 0 N–H and O–H groups in total. The fourth-order valence-electron chi connectivity index (χ4n) is 1.25. The number of alkyl halides is 1. The van der Waals surface area contributed by atoms with E-state index in [1.54, 1.807) is 13.3 Å². The summed E-state index contributed by atoms with van der Waals surface area (Å²) in [5.74, 6) is 0.909. The van der Waals surface area contributed by atoms with Crippen LogP contribution in [0, 0.1) is 6.92 Å². The van der Waals surface area contributed by atoms with Gasteiger partial charge in [0.2, 0.25) is 0 Å². The van der Waals surface area contributed by atoms with E-state index in [2.05, 4.69) is 31.0 Å². The molecule has 0 aromatic carbocycles. The van der Waals surface area contributed by atoms with E-state index in [0.717, 1.165) is 29.8 Å². The number of methoxy groups -OCH3 is 1. The van der Waals surface area contributed by atoms with Crippen molar-refractivity contribution in [3.8, 4) is 0 Å². The lowest BCUT2D eigenvalue weighted by atomic mass is 10.3. The molecule has 1 rings (SSSR count). The molecular formula is C10H16BrN3O. The van der Waals surface area contributed by atoms with Crippen molar-refractivity contribution in [2.24, 2.45) is 0 Å². The molecule has 0 radical (unpaired) electrons. The smallest absolute Gasteiger partial charge is 0.151 e. The van der Waals surface area contributed by atoms with Gasteiger partial charge in [-0.3, -0.25) is 0 Å². The molecule has 15 heavy (non-hydrogen) atoms. The van der Waals surface area contributed by atoms with E-state index in [9.17, 15) is 0 Å². The maximum absolute atomic E-state index is 5.07. The van der Waals surface area contributed by atoms with Crippen LogP contribution in [0.4, 0.5) is 5.82 Å².